The summed E-state index contributed by atoms with van der Waals surface area (Å²) in [5, 5.41) is 5.92. The standard InChI is InChI=1S/C2H8O7P2.Ca/c3-1-2(10(4,5)6)11(7,8)9;/h2-3H,1H2,(H2,4,5,6)(H2,7,8,9);. The maximum absolute atomic E-state index is 10.3. The van der Waals surface area contributed by atoms with Crippen LogP contribution in [0, 0.1) is 0 Å². The number of aliphatic hydroxyl groups excluding tert-OH is 1. The second kappa shape index (κ2) is 5.41. The van der Waals surface area contributed by atoms with Gasteiger partial charge in [0.15, 0.2) is 5.40 Å². The molecule has 0 aromatic heterocycles. The molecule has 0 fully saturated rings. The van der Waals surface area contributed by atoms with E-state index in [1.807, 2.05) is 0 Å². The Labute approximate surface area is 98.1 Å². The van der Waals surface area contributed by atoms with Crippen molar-refractivity contribution in [3.63, 3.8) is 0 Å². The van der Waals surface area contributed by atoms with Crippen molar-refractivity contribution >= 4 is 52.9 Å². The fourth-order valence-electron chi connectivity index (χ4n) is 0.409. The van der Waals surface area contributed by atoms with Crippen molar-refractivity contribution in [2.24, 2.45) is 0 Å². The van der Waals surface area contributed by atoms with E-state index >= 15 is 0 Å². The Morgan fingerprint density at radius 3 is 1.25 bits per heavy atom. The Kier molecular flexibility index (Phi) is 7.20. The first-order valence-electron chi connectivity index (χ1n) is 2.41. The molecule has 7 nitrogen and oxygen atoms in total. The largest absolute Gasteiger partial charge is 0.395 e. The first-order valence-corrected chi connectivity index (χ1v) is 5.77. The molecule has 70 valence electrons. The summed E-state index contributed by atoms with van der Waals surface area (Å²) < 4.78 is 20.5. The van der Waals surface area contributed by atoms with Crippen LogP contribution in [0.25, 0.3) is 0 Å². The predicted molar refractivity (Wildman–Crippen MR) is 40.7 cm³/mol. The third-order valence-corrected chi connectivity index (χ3v) is 4.62. The fraction of sp³-hybridized carbons (Fsp3) is 1.00. The summed E-state index contributed by atoms with van der Waals surface area (Å²) >= 11 is 0. The van der Waals surface area contributed by atoms with Gasteiger partial charge in [0.25, 0.3) is 0 Å². The summed E-state index contributed by atoms with van der Waals surface area (Å²) in [6, 6.07) is 0. The van der Waals surface area contributed by atoms with E-state index in [2.05, 4.69) is 0 Å². The number of rotatable bonds is 3. The molecule has 0 rings (SSSR count). The normalized spacial score (nSPS) is 12.8. The van der Waals surface area contributed by atoms with Crippen molar-refractivity contribution in [2.75, 3.05) is 6.61 Å². The van der Waals surface area contributed by atoms with Gasteiger partial charge in [0.2, 0.25) is 0 Å². The topological polar surface area (TPSA) is 135 Å². The summed E-state index contributed by atoms with van der Waals surface area (Å²) in [6.45, 7) is -1.24. The Morgan fingerprint density at radius 1 is 1.00 bits per heavy atom. The van der Waals surface area contributed by atoms with E-state index in [1.54, 1.807) is 0 Å². The van der Waals surface area contributed by atoms with Crippen LogP contribution in [0.15, 0.2) is 0 Å². The van der Waals surface area contributed by atoms with Crippen LogP contribution in [0.3, 0.4) is 0 Å². The Bertz CT molecular complexity index is 193. The van der Waals surface area contributed by atoms with Crippen molar-refractivity contribution in [1.29, 1.82) is 0 Å². The van der Waals surface area contributed by atoms with Crippen LogP contribution >= 0.6 is 15.2 Å². The zero-order valence-corrected chi connectivity index (χ0v) is 9.94. The minimum Gasteiger partial charge on any atom is -0.395 e. The van der Waals surface area contributed by atoms with Crippen molar-refractivity contribution < 1.29 is 33.8 Å². The SMILES string of the molecule is O=P(O)(O)C(CO)P(=O)(O)O.[Ca]. The molecule has 5 N–H and O–H groups in total. The molecule has 2 radical (unpaired) electrons. The summed E-state index contributed by atoms with van der Waals surface area (Å²) in [7, 11) is -9.82. The third kappa shape index (κ3) is 5.29. The molecule has 0 bridgehead atoms. The van der Waals surface area contributed by atoms with Crippen LogP contribution in [0.4, 0.5) is 0 Å². The van der Waals surface area contributed by atoms with Gasteiger partial charge in [0, 0.05) is 37.7 Å². The Balaban J connectivity index is 0. The molecule has 0 saturated heterocycles. The van der Waals surface area contributed by atoms with Crippen molar-refractivity contribution in [3.05, 3.63) is 0 Å². The van der Waals surface area contributed by atoms with Crippen molar-refractivity contribution in [3.8, 4) is 0 Å². The molecule has 0 aromatic carbocycles. The summed E-state index contributed by atoms with van der Waals surface area (Å²) in [6.07, 6.45) is 0. The van der Waals surface area contributed by atoms with Gasteiger partial charge in [-0.2, -0.15) is 0 Å². The summed E-state index contributed by atoms with van der Waals surface area (Å²) in [4.78, 5) is 33.1. The molecule has 0 heterocycles. The van der Waals surface area contributed by atoms with E-state index in [4.69, 9.17) is 24.7 Å². The zero-order chi connectivity index (χ0) is 9.28. The first-order chi connectivity index (χ1) is 4.69. The number of hydrogen-bond acceptors (Lipinski definition) is 3. The van der Waals surface area contributed by atoms with Gasteiger partial charge in [-0.1, -0.05) is 0 Å². The van der Waals surface area contributed by atoms with E-state index in [-0.39, 0.29) is 37.7 Å². The van der Waals surface area contributed by atoms with Gasteiger partial charge in [-0.05, 0) is 0 Å². The average Bonchev–Trinajstić information content (AvgIpc) is 1.56. The molecular weight excluding hydrogens is 238 g/mol. The van der Waals surface area contributed by atoms with Gasteiger partial charge in [-0.15, -0.1) is 0 Å². The average molecular weight is 246 g/mol. The molecule has 10 heteroatoms. The van der Waals surface area contributed by atoms with Gasteiger partial charge in [-0.3, -0.25) is 9.13 Å². The van der Waals surface area contributed by atoms with Crippen LogP contribution < -0.4 is 0 Å². The minimum absolute atomic E-state index is 0. The van der Waals surface area contributed by atoms with Gasteiger partial charge in [-0.25, -0.2) is 0 Å². The van der Waals surface area contributed by atoms with Gasteiger partial charge < -0.3 is 24.7 Å². The van der Waals surface area contributed by atoms with Gasteiger partial charge >= 0.3 is 15.2 Å². The zero-order valence-electron chi connectivity index (χ0n) is 5.94. The molecule has 0 aromatic rings. The molecule has 0 amide bonds. The maximum Gasteiger partial charge on any atom is 0.343 e. The van der Waals surface area contributed by atoms with Crippen LogP contribution in [-0.4, -0.2) is 74.4 Å². The molecular formula is C2H8CaO7P2. The van der Waals surface area contributed by atoms with Gasteiger partial charge in [0.05, 0.1) is 6.61 Å². The van der Waals surface area contributed by atoms with Crippen LogP contribution in [0.2, 0.25) is 0 Å². The van der Waals surface area contributed by atoms with E-state index in [0.29, 0.717) is 0 Å². The smallest absolute Gasteiger partial charge is 0.343 e. The molecule has 0 unspecified atom stereocenters. The van der Waals surface area contributed by atoms with E-state index < -0.39 is 27.2 Å². The molecule has 0 aliphatic carbocycles. The third-order valence-electron chi connectivity index (χ3n) is 0.940. The van der Waals surface area contributed by atoms with Crippen LogP contribution in [0.1, 0.15) is 0 Å². The van der Waals surface area contributed by atoms with Crippen molar-refractivity contribution in [1.82, 2.24) is 0 Å². The van der Waals surface area contributed by atoms with E-state index in [1.165, 1.54) is 0 Å². The molecule has 0 saturated carbocycles. The second-order valence-corrected chi connectivity index (χ2v) is 5.85. The van der Waals surface area contributed by atoms with Crippen molar-refractivity contribution in [2.45, 2.75) is 5.40 Å². The van der Waals surface area contributed by atoms with Crippen LogP contribution in [-0.2, 0) is 9.13 Å². The van der Waals surface area contributed by atoms with E-state index in [9.17, 15) is 9.13 Å². The quantitative estimate of drug-likeness (QED) is 0.295. The monoisotopic (exact) mass is 246 g/mol. The summed E-state index contributed by atoms with van der Waals surface area (Å²) in [5.74, 6) is 0. The number of aliphatic hydroxyl groups is 1. The summed E-state index contributed by atoms with van der Waals surface area (Å²) in [5.41, 5.74) is 0. The number of hydrogen-bond donors (Lipinski definition) is 5. The molecule has 12 heavy (non-hydrogen) atoms. The molecule has 0 spiro atoms. The second-order valence-electron chi connectivity index (χ2n) is 1.84. The predicted octanol–water partition coefficient (Wildman–Crippen LogP) is -1.72. The fourth-order valence-corrected chi connectivity index (χ4v) is 2.40. The Morgan fingerprint density at radius 2 is 1.25 bits per heavy atom. The molecule has 0 aliphatic rings. The molecule has 0 aliphatic heterocycles. The first kappa shape index (κ1) is 16.0. The molecule has 0 atom stereocenters. The van der Waals surface area contributed by atoms with E-state index in [0.717, 1.165) is 0 Å². The van der Waals surface area contributed by atoms with Gasteiger partial charge in [0.1, 0.15) is 0 Å². The maximum atomic E-state index is 10.3. The minimum atomic E-state index is -4.91. The van der Waals surface area contributed by atoms with Crippen LogP contribution in [0.5, 0.6) is 0 Å². The Hall–Kier alpha value is 1.52.